The molecule has 0 saturated heterocycles. The number of carbonyl (C=O) groups is 2. The number of aromatic nitrogens is 1. The predicted octanol–water partition coefficient (Wildman–Crippen LogP) is 2.99. The van der Waals surface area contributed by atoms with E-state index in [1.165, 1.54) is 12.1 Å². The molecule has 8 heteroatoms. The van der Waals surface area contributed by atoms with E-state index in [-0.39, 0.29) is 18.1 Å². The van der Waals surface area contributed by atoms with Gasteiger partial charge < -0.3 is 10.6 Å². The molecule has 1 aromatic heterocycles. The topological polar surface area (TPSA) is 71.1 Å². The van der Waals surface area contributed by atoms with Gasteiger partial charge >= 0.3 is 6.18 Å². The number of hydrogen-bond donors (Lipinski definition) is 2. The van der Waals surface area contributed by atoms with Crippen LogP contribution in [0.1, 0.15) is 17.7 Å². The first-order valence-electron chi connectivity index (χ1n) is 8.00. The molecule has 2 unspecified atom stereocenters. The summed E-state index contributed by atoms with van der Waals surface area (Å²) in [5.74, 6) is -1.72. The quantitative estimate of drug-likeness (QED) is 0.858. The van der Waals surface area contributed by atoms with Crippen molar-refractivity contribution in [2.75, 3.05) is 5.32 Å². The summed E-state index contributed by atoms with van der Waals surface area (Å²) in [5, 5.41) is 5.15. The molecule has 136 valence electrons. The Morgan fingerprint density at radius 3 is 2.54 bits per heavy atom. The molecule has 1 aliphatic rings. The number of nitrogens with one attached hydrogen (secondary N) is 2. The fourth-order valence-electron chi connectivity index (χ4n) is 2.59. The van der Waals surface area contributed by atoms with Crippen LogP contribution >= 0.6 is 0 Å². The van der Waals surface area contributed by atoms with Gasteiger partial charge in [-0.05, 0) is 36.8 Å². The molecule has 1 fully saturated rings. The number of halogens is 3. The molecule has 1 heterocycles. The molecule has 1 saturated carbocycles. The number of carbonyl (C=O) groups excluding carboxylic acids is 2. The van der Waals surface area contributed by atoms with Crippen molar-refractivity contribution in [3.63, 3.8) is 0 Å². The minimum absolute atomic E-state index is 0.0596. The first-order chi connectivity index (χ1) is 12.3. The van der Waals surface area contributed by atoms with Gasteiger partial charge in [-0.15, -0.1) is 0 Å². The van der Waals surface area contributed by atoms with E-state index >= 15 is 0 Å². The lowest BCUT2D eigenvalue weighted by molar-refractivity contribution is -0.137. The van der Waals surface area contributed by atoms with Crippen LogP contribution in [-0.4, -0.2) is 16.8 Å². The van der Waals surface area contributed by atoms with E-state index in [2.05, 4.69) is 15.6 Å². The summed E-state index contributed by atoms with van der Waals surface area (Å²) in [6.45, 7) is 0.262. The molecular weight excluding hydrogens is 347 g/mol. The van der Waals surface area contributed by atoms with Crippen molar-refractivity contribution in [2.45, 2.75) is 19.1 Å². The third-order valence-corrected chi connectivity index (χ3v) is 4.09. The van der Waals surface area contributed by atoms with Crippen molar-refractivity contribution < 1.29 is 22.8 Å². The van der Waals surface area contributed by atoms with Gasteiger partial charge in [0.05, 0.1) is 29.6 Å². The fourth-order valence-corrected chi connectivity index (χ4v) is 2.59. The largest absolute Gasteiger partial charge is 0.416 e. The maximum Gasteiger partial charge on any atom is 0.416 e. The highest BCUT2D eigenvalue weighted by Crippen LogP contribution is 2.40. The highest BCUT2D eigenvalue weighted by Gasteiger charge is 2.48. The maximum absolute atomic E-state index is 12.7. The Labute approximate surface area is 147 Å². The van der Waals surface area contributed by atoms with Crippen LogP contribution in [-0.2, 0) is 22.3 Å². The fraction of sp³-hybridized carbons (Fsp3) is 0.278. The first-order valence-corrected chi connectivity index (χ1v) is 8.00. The van der Waals surface area contributed by atoms with E-state index in [0.717, 1.165) is 12.1 Å². The van der Waals surface area contributed by atoms with Gasteiger partial charge in [0.2, 0.25) is 11.8 Å². The third-order valence-electron chi connectivity index (χ3n) is 4.09. The van der Waals surface area contributed by atoms with E-state index in [9.17, 15) is 22.8 Å². The van der Waals surface area contributed by atoms with Crippen LogP contribution in [0, 0.1) is 11.8 Å². The first kappa shape index (κ1) is 17.9. The van der Waals surface area contributed by atoms with Crippen LogP contribution in [0.15, 0.2) is 48.7 Å². The van der Waals surface area contributed by atoms with E-state index in [0.29, 0.717) is 12.1 Å². The molecule has 1 aromatic carbocycles. The lowest BCUT2D eigenvalue weighted by atomic mass is 10.2. The standard InChI is InChI=1S/C18H16F3N3O2/c19-18(20,21)11-4-3-6-12(8-11)24-17(26)15-9-14(15)16(25)23-10-13-5-1-2-7-22-13/h1-8,14-15H,9-10H2,(H,23,25)(H,24,26). The molecule has 2 N–H and O–H groups in total. The molecule has 5 nitrogen and oxygen atoms in total. The Kier molecular flexibility index (Phi) is 4.92. The van der Waals surface area contributed by atoms with Gasteiger partial charge in [-0.3, -0.25) is 14.6 Å². The highest BCUT2D eigenvalue weighted by atomic mass is 19.4. The lowest BCUT2D eigenvalue weighted by Gasteiger charge is -2.10. The molecule has 0 aliphatic heterocycles. The van der Waals surface area contributed by atoms with Crippen molar-refractivity contribution in [2.24, 2.45) is 11.8 Å². The number of rotatable bonds is 5. The summed E-state index contributed by atoms with van der Waals surface area (Å²) in [6.07, 6.45) is -2.49. The Morgan fingerprint density at radius 1 is 1.08 bits per heavy atom. The summed E-state index contributed by atoms with van der Waals surface area (Å²) in [6, 6.07) is 9.74. The summed E-state index contributed by atoms with van der Waals surface area (Å²) in [7, 11) is 0. The minimum Gasteiger partial charge on any atom is -0.350 e. The number of amides is 2. The van der Waals surface area contributed by atoms with E-state index in [4.69, 9.17) is 0 Å². The Bertz CT molecular complexity index is 809. The van der Waals surface area contributed by atoms with Crippen molar-refractivity contribution in [1.29, 1.82) is 0 Å². The zero-order chi connectivity index (χ0) is 18.7. The molecule has 0 bridgehead atoms. The van der Waals surface area contributed by atoms with E-state index < -0.39 is 29.5 Å². The van der Waals surface area contributed by atoms with E-state index in [1.807, 2.05) is 0 Å². The van der Waals surface area contributed by atoms with Crippen molar-refractivity contribution >= 4 is 17.5 Å². The SMILES string of the molecule is O=C(NCc1ccccn1)C1CC1C(=O)Nc1cccc(C(F)(F)F)c1. The molecule has 2 amide bonds. The Balaban J connectivity index is 1.52. The number of alkyl halides is 3. The monoisotopic (exact) mass is 363 g/mol. The summed E-state index contributed by atoms with van der Waals surface area (Å²) in [5.41, 5.74) is -0.0772. The van der Waals surface area contributed by atoms with Crippen LogP contribution in [0.3, 0.4) is 0 Å². The summed E-state index contributed by atoms with van der Waals surface area (Å²) in [4.78, 5) is 28.3. The van der Waals surface area contributed by atoms with Crippen LogP contribution in [0.2, 0.25) is 0 Å². The average Bonchev–Trinajstić information content (AvgIpc) is 3.41. The second-order valence-corrected chi connectivity index (χ2v) is 6.06. The number of pyridine rings is 1. The zero-order valence-corrected chi connectivity index (χ0v) is 13.6. The molecule has 2 atom stereocenters. The summed E-state index contributed by atoms with van der Waals surface area (Å²) < 4.78 is 38.1. The highest BCUT2D eigenvalue weighted by molar-refractivity contribution is 5.99. The minimum atomic E-state index is -4.48. The van der Waals surface area contributed by atoms with Gasteiger partial charge in [0.15, 0.2) is 0 Å². The van der Waals surface area contributed by atoms with Gasteiger partial charge in [-0.1, -0.05) is 12.1 Å². The van der Waals surface area contributed by atoms with Crippen molar-refractivity contribution in [3.05, 3.63) is 59.9 Å². The number of anilines is 1. The Morgan fingerprint density at radius 2 is 1.85 bits per heavy atom. The van der Waals surface area contributed by atoms with Gasteiger partial charge in [-0.25, -0.2) is 0 Å². The van der Waals surface area contributed by atoms with Crippen molar-refractivity contribution in [3.8, 4) is 0 Å². The predicted molar refractivity (Wildman–Crippen MR) is 87.8 cm³/mol. The second kappa shape index (κ2) is 7.15. The Hall–Kier alpha value is -2.90. The number of benzene rings is 1. The second-order valence-electron chi connectivity index (χ2n) is 6.06. The average molecular weight is 363 g/mol. The van der Waals surface area contributed by atoms with Gasteiger partial charge in [-0.2, -0.15) is 13.2 Å². The van der Waals surface area contributed by atoms with Crippen LogP contribution < -0.4 is 10.6 Å². The number of nitrogens with zero attached hydrogens (tertiary/aromatic N) is 1. The van der Waals surface area contributed by atoms with Gasteiger partial charge in [0.25, 0.3) is 0 Å². The van der Waals surface area contributed by atoms with E-state index in [1.54, 1.807) is 24.4 Å². The molecule has 0 spiro atoms. The molecule has 1 aliphatic carbocycles. The molecule has 3 rings (SSSR count). The zero-order valence-electron chi connectivity index (χ0n) is 13.6. The molecular formula is C18H16F3N3O2. The van der Waals surface area contributed by atoms with Crippen LogP contribution in [0.25, 0.3) is 0 Å². The smallest absolute Gasteiger partial charge is 0.350 e. The third kappa shape index (κ3) is 4.38. The molecule has 26 heavy (non-hydrogen) atoms. The molecule has 0 radical (unpaired) electrons. The lowest BCUT2D eigenvalue weighted by Crippen LogP contribution is -2.27. The van der Waals surface area contributed by atoms with Crippen molar-refractivity contribution in [1.82, 2.24) is 10.3 Å². The maximum atomic E-state index is 12.7. The van der Waals surface area contributed by atoms with Gasteiger partial charge in [0.1, 0.15) is 0 Å². The summed E-state index contributed by atoms with van der Waals surface area (Å²) >= 11 is 0. The van der Waals surface area contributed by atoms with Gasteiger partial charge in [0, 0.05) is 11.9 Å². The number of hydrogen-bond acceptors (Lipinski definition) is 3. The normalized spacial score (nSPS) is 18.9. The van der Waals surface area contributed by atoms with Crippen LogP contribution in [0.4, 0.5) is 18.9 Å². The molecule has 2 aromatic rings. The van der Waals surface area contributed by atoms with Crippen LogP contribution in [0.5, 0.6) is 0 Å².